The molecule has 0 aromatic carbocycles. The first-order valence-corrected chi connectivity index (χ1v) is 4.51. The van der Waals surface area contributed by atoms with Crippen LogP contribution in [0.5, 0.6) is 0 Å². The lowest BCUT2D eigenvalue weighted by atomic mass is 10.4. The average Bonchev–Trinajstić information content (AvgIpc) is 2.13. The Bertz CT molecular complexity index is 231. The molecule has 1 atom stereocenters. The highest BCUT2D eigenvalue weighted by atomic mass is 32.2. The van der Waals surface area contributed by atoms with Crippen molar-refractivity contribution in [3.05, 3.63) is 17.0 Å². The summed E-state index contributed by atoms with van der Waals surface area (Å²) in [5, 5.41) is 7.03. The maximum absolute atomic E-state index is 10.6. The van der Waals surface area contributed by atoms with Gasteiger partial charge in [0.15, 0.2) is 0 Å². The molecule has 4 heteroatoms. The van der Waals surface area contributed by atoms with Crippen molar-refractivity contribution in [2.24, 2.45) is 5.14 Å². The van der Waals surface area contributed by atoms with Gasteiger partial charge in [-0.2, -0.15) is 0 Å². The van der Waals surface area contributed by atoms with E-state index in [0.29, 0.717) is 0 Å². The second kappa shape index (κ2) is 2.60. The van der Waals surface area contributed by atoms with E-state index < -0.39 is 11.0 Å². The summed E-state index contributed by atoms with van der Waals surface area (Å²) in [6, 6.07) is 1.91. The lowest BCUT2D eigenvalue weighted by Crippen LogP contribution is -2.00. The number of rotatable bonds is 1. The molecule has 0 aliphatic carbocycles. The van der Waals surface area contributed by atoms with Gasteiger partial charge in [0.2, 0.25) is 0 Å². The highest BCUT2D eigenvalue weighted by Gasteiger charge is 2.01. The largest absolute Gasteiger partial charge is 0.247 e. The topological polar surface area (TPSA) is 43.1 Å². The van der Waals surface area contributed by atoms with Gasteiger partial charge in [-0.3, -0.25) is 0 Å². The molecule has 0 saturated heterocycles. The Balaban J connectivity index is 3.08. The Morgan fingerprint density at radius 1 is 1.78 bits per heavy atom. The van der Waals surface area contributed by atoms with Gasteiger partial charge in [0.25, 0.3) is 0 Å². The van der Waals surface area contributed by atoms with E-state index >= 15 is 0 Å². The first kappa shape index (κ1) is 6.92. The van der Waals surface area contributed by atoms with Crippen molar-refractivity contribution in [2.75, 3.05) is 0 Å². The SMILES string of the molecule is Cc1ccsc1[S@](N)=O. The van der Waals surface area contributed by atoms with Crippen LogP contribution in [0.3, 0.4) is 0 Å². The quantitative estimate of drug-likeness (QED) is 0.657. The fourth-order valence-electron chi connectivity index (χ4n) is 0.565. The maximum atomic E-state index is 10.6. The van der Waals surface area contributed by atoms with E-state index in [1.165, 1.54) is 11.3 Å². The van der Waals surface area contributed by atoms with Gasteiger partial charge in [-0.1, -0.05) is 0 Å². The lowest BCUT2D eigenvalue weighted by molar-refractivity contribution is 0.685. The monoisotopic (exact) mass is 161 g/mol. The van der Waals surface area contributed by atoms with Crippen LogP contribution in [0.4, 0.5) is 0 Å². The van der Waals surface area contributed by atoms with Crippen molar-refractivity contribution in [3.8, 4) is 0 Å². The molecule has 1 aromatic heterocycles. The third kappa shape index (κ3) is 1.38. The molecule has 50 valence electrons. The minimum Gasteiger partial charge on any atom is -0.247 e. The summed E-state index contributed by atoms with van der Waals surface area (Å²) < 4.78 is 11.4. The summed E-state index contributed by atoms with van der Waals surface area (Å²) >= 11 is 1.43. The van der Waals surface area contributed by atoms with Crippen LogP contribution in [0.2, 0.25) is 0 Å². The van der Waals surface area contributed by atoms with Crippen molar-refractivity contribution in [3.63, 3.8) is 0 Å². The normalized spacial score (nSPS) is 13.6. The van der Waals surface area contributed by atoms with Gasteiger partial charge in [-0.15, -0.1) is 11.3 Å². The van der Waals surface area contributed by atoms with Crippen LogP contribution in [-0.2, 0) is 11.0 Å². The predicted octanol–water partition coefficient (Wildman–Crippen LogP) is 1.04. The zero-order valence-electron chi connectivity index (χ0n) is 4.96. The average molecular weight is 161 g/mol. The van der Waals surface area contributed by atoms with Crippen molar-refractivity contribution in [1.29, 1.82) is 0 Å². The number of hydrogen-bond donors (Lipinski definition) is 1. The van der Waals surface area contributed by atoms with Gasteiger partial charge in [-0.05, 0) is 23.9 Å². The molecule has 0 aliphatic rings. The molecule has 2 N–H and O–H groups in total. The third-order valence-electron chi connectivity index (χ3n) is 0.998. The molecule has 0 bridgehead atoms. The van der Waals surface area contributed by atoms with Gasteiger partial charge in [0.05, 0.1) is 0 Å². The van der Waals surface area contributed by atoms with E-state index in [4.69, 9.17) is 5.14 Å². The second-order valence-electron chi connectivity index (χ2n) is 1.69. The van der Waals surface area contributed by atoms with Crippen LogP contribution in [0.15, 0.2) is 15.7 Å². The zero-order valence-corrected chi connectivity index (χ0v) is 6.59. The molecule has 0 radical (unpaired) electrons. The molecule has 1 aromatic rings. The molecule has 0 unspecified atom stereocenters. The maximum Gasteiger partial charge on any atom is 0.132 e. The van der Waals surface area contributed by atoms with E-state index in [9.17, 15) is 4.21 Å². The summed E-state index contributed by atoms with van der Waals surface area (Å²) in [7, 11) is -1.29. The van der Waals surface area contributed by atoms with E-state index in [-0.39, 0.29) is 0 Å². The summed E-state index contributed by atoms with van der Waals surface area (Å²) in [6.07, 6.45) is 0. The number of aryl methyl sites for hydroxylation is 1. The van der Waals surface area contributed by atoms with Crippen LogP contribution < -0.4 is 5.14 Å². The van der Waals surface area contributed by atoms with Gasteiger partial charge >= 0.3 is 0 Å². The van der Waals surface area contributed by atoms with Crippen LogP contribution in [0.1, 0.15) is 5.56 Å². The number of thiophene rings is 1. The Kier molecular flexibility index (Phi) is 2.00. The Morgan fingerprint density at radius 2 is 2.44 bits per heavy atom. The summed E-state index contributed by atoms with van der Waals surface area (Å²) in [5.41, 5.74) is 1.01. The molecule has 1 heterocycles. The third-order valence-corrected chi connectivity index (χ3v) is 3.27. The van der Waals surface area contributed by atoms with Crippen molar-refractivity contribution in [2.45, 2.75) is 11.1 Å². The highest BCUT2D eigenvalue weighted by Crippen LogP contribution is 2.16. The summed E-state index contributed by atoms with van der Waals surface area (Å²) in [4.78, 5) is 0. The van der Waals surface area contributed by atoms with Gasteiger partial charge < -0.3 is 0 Å². The van der Waals surface area contributed by atoms with E-state index in [2.05, 4.69) is 0 Å². The molecule has 0 aliphatic heterocycles. The smallest absolute Gasteiger partial charge is 0.132 e. The van der Waals surface area contributed by atoms with Crippen LogP contribution in [0, 0.1) is 6.92 Å². The van der Waals surface area contributed by atoms with E-state index in [1.807, 2.05) is 18.4 Å². The summed E-state index contributed by atoms with van der Waals surface area (Å²) in [5.74, 6) is 0. The van der Waals surface area contributed by atoms with Gasteiger partial charge in [-0.25, -0.2) is 9.35 Å². The van der Waals surface area contributed by atoms with Crippen molar-refractivity contribution in [1.82, 2.24) is 0 Å². The molecular weight excluding hydrogens is 154 g/mol. The Morgan fingerprint density at radius 3 is 2.67 bits per heavy atom. The molecule has 9 heavy (non-hydrogen) atoms. The van der Waals surface area contributed by atoms with Gasteiger partial charge in [0.1, 0.15) is 15.2 Å². The highest BCUT2D eigenvalue weighted by molar-refractivity contribution is 7.85. The molecule has 0 fully saturated rings. The first-order chi connectivity index (χ1) is 4.22. The number of hydrogen-bond acceptors (Lipinski definition) is 2. The molecule has 0 amide bonds. The molecule has 0 spiro atoms. The van der Waals surface area contributed by atoms with Crippen molar-refractivity contribution >= 4 is 22.3 Å². The van der Waals surface area contributed by atoms with Crippen molar-refractivity contribution < 1.29 is 4.21 Å². The fraction of sp³-hybridized carbons (Fsp3) is 0.200. The molecule has 0 saturated carbocycles. The van der Waals surface area contributed by atoms with Gasteiger partial charge in [0, 0.05) is 0 Å². The zero-order chi connectivity index (χ0) is 6.85. The minimum atomic E-state index is -1.29. The Labute approximate surface area is 60.3 Å². The minimum absolute atomic E-state index is 0.773. The standard InChI is InChI=1S/C5H7NOS2/c1-4-2-3-8-5(4)9(6)7/h2-3H,6H2,1H3/t9-/m1/s1. The lowest BCUT2D eigenvalue weighted by Gasteiger charge is -1.88. The molecular formula is C5H7NOS2. The molecule has 2 nitrogen and oxygen atoms in total. The summed E-state index contributed by atoms with van der Waals surface area (Å²) in [6.45, 7) is 1.90. The van der Waals surface area contributed by atoms with Crippen LogP contribution in [-0.4, -0.2) is 4.21 Å². The number of nitrogens with two attached hydrogens (primary N) is 1. The fourth-order valence-corrected chi connectivity index (χ4v) is 2.15. The van der Waals surface area contributed by atoms with E-state index in [1.54, 1.807) is 0 Å². The van der Waals surface area contributed by atoms with E-state index in [0.717, 1.165) is 9.77 Å². The Hall–Kier alpha value is -0.190. The molecule has 1 rings (SSSR count). The predicted molar refractivity (Wildman–Crippen MR) is 39.7 cm³/mol. The van der Waals surface area contributed by atoms with Crippen LogP contribution in [0.25, 0.3) is 0 Å². The second-order valence-corrected chi connectivity index (χ2v) is 3.87. The first-order valence-electron chi connectivity index (χ1n) is 2.42. The van der Waals surface area contributed by atoms with Crippen LogP contribution >= 0.6 is 11.3 Å².